The average Bonchev–Trinajstić information content (AvgIpc) is 2.69. The van der Waals surface area contributed by atoms with Gasteiger partial charge in [-0.2, -0.15) is 0 Å². The standard InChI is InChI=1S/C14H27NO2S/c1-12(2)15-11-14(7-4-3-5-8-14)13-6-9-18(16,17)10-13/h12-13,15H,3-11H2,1-2H3. The van der Waals surface area contributed by atoms with Crippen LogP contribution in [0.5, 0.6) is 0 Å². The zero-order valence-corrected chi connectivity index (χ0v) is 12.6. The Bertz CT molecular complexity index is 369. The van der Waals surface area contributed by atoms with Gasteiger partial charge >= 0.3 is 0 Å². The zero-order chi connectivity index (χ0) is 13.2. The van der Waals surface area contributed by atoms with Gasteiger partial charge in [-0.15, -0.1) is 0 Å². The second-order valence-corrected chi connectivity index (χ2v) is 8.79. The highest BCUT2D eigenvalue weighted by atomic mass is 32.2. The van der Waals surface area contributed by atoms with Crippen LogP contribution in [0.15, 0.2) is 0 Å². The third-order valence-electron chi connectivity index (χ3n) is 4.81. The molecule has 1 N–H and O–H groups in total. The maximum absolute atomic E-state index is 11.7. The SMILES string of the molecule is CC(C)NCC1(C2CCS(=O)(=O)C2)CCCCC1. The second kappa shape index (κ2) is 5.49. The fraction of sp³-hybridized carbons (Fsp3) is 1.00. The minimum Gasteiger partial charge on any atom is -0.314 e. The van der Waals surface area contributed by atoms with Crippen molar-refractivity contribution in [3.63, 3.8) is 0 Å². The maximum Gasteiger partial charge on any atom is 0.150 e. The topological polar surface area (TPSA) is 46.2 Å². The van der Waals surface area contributed by atoms with Crippen molar-refractivity contribution in [2.75, 3.05) is 18.1 Å². The summed E-state index contributed by atoms with van der Waals surface area (Å²) < 4.78 is 23.5. The van der Waals surface area contributed by atoms with E-state index in [0.29, 0.717) is 23.5 Å². The first kappa shape index (κ1) is 14.3. The van der Waals surface area contributed by atoms with E-state index in [0.717, 1.165) is 13.0 Å². The molecule has 0 amide bonds. The molecule has 1 atom stereocenters. The van der Waals surface area contributed by atoms with E-state index in [2.05, 4.69) is 19.2 Å². The minimum atomic E-state index is -2.75. The molecule has 1 aliphatic carbocycles. The van der Waals surface area contributed by atoms with Gasteiger partial charge in [0, 0.05) is 12.6 Å². The Morgan fingerprint density at radius 3 is 2.39 bits per heavy atom. The summed E-state index contributed by atoms with van der Waals surface area (Å²) in [5, 5.41) is 3.57. The molecule has 1 unspecified atom stereocenters. The van der Waals surface area contributed by atoms with Gasteiger partial charge in [-0.3, -0.25) is 0 Å². The molecule has 2 aliphatic rings. The highest BCUT2D eigenvalue weighted by Crippen LogP contribution is 2.46. The molecule has 4 heteroatoms. The molecule has 3 nitrogen and oxygen atoms in total. The molecule has 0 radical (unpaired) electrons. The molecular formula is C14H27NO2S. The van der Waals surface area contributed by atoms with Crippen LogP contribution in [0.2, 0.25) is 0 Å². The molecule has 1 saturated carbocycles. The molecule has 18 heavy (non-hydrogen) atoms. The van der Waals surface area contributed by atoms with Crippen molar-refractivity contribution in [3.8, 4) is 0 Å². The van der Waals surface area contributed by atoms with Crippen LogP contribution in [0, 0.1) is 11.3 Å². The van der Waals surface area contributed by atoms with Gasteiger partial charge in [0.15, 0.2) is 9.84 Å². The van der Waals surface area contributed by atoms with Gasteiger partial charge in [0.05, 0.1) is 11.5 Å². The van der Waals surface area contributed by atoms with Gasteiger partial charge in [-0.05, 0) is 30.6 Å². The van der Waals surface area contributed by atoms with Gasteiger partial charge in [0.25, 0.3) is 0 Å². The van der Waals surface area contributed by atoms with E-state index in [9.17, 15) is 8.42 Å². The van der Waals surface area contributed by atoms with E-state index in [1.807, 2.05) is 0 Å². The van der Waals surface area contributed by atoms with Gasteiger partial charge in [0.2, 0.25) is 0 Å². The van der Waals surface area contributed by atoms with Crippen LogP contribution in [0.3, 0.4) is 0 Å². The third kappa shape index (κ3) is 3.27. The summed E-state index contributed by atoms with van der Waals surface area (Å²) in [4.78, 5) is 0. The number of sulfone groups is 1. The molecule has 0 spiro atoms. The van der Waals surface area contributed by atoms with Crippen molar-refractivity contribution in [1.82, 2.24) is 5.32 Å². The number of hydrogen-bond donors (Lipinski definition) is 1. The molecule has 0 aromatic carbocycles. The van der Waals surface area contributed by atoms with Crippen molar-refractivity contribution < 1.29 is 8.42 Å². The molecule has 0 aromatic heterocycles. The lowest BCUT2D eigenvalue weighted by atomic mass is 9.65. The average molecular weight is 273 g/mol. The predicted octanol–water partition coefficient (Wildman–Crippen LogP) is 2.37. The van der Waals surface area contributed by atoms with Crippen molar-refractivity contribution in [1.29, 1.82) is 0 Å². The second-order valence-electron chi connectivity index (χ2n) is 6.56. The lowest BCUT2D eigenvalue weighted by molar-refractivity contribution is 0.105. The summed E-state index contributed by atoms with van der Waals surface area (Å²) in [7, 11) is -2.75. The van der Waals surface area contributed by atoms with Gasteiger partial charge in [0.1, 0.15) is 0 Å². The molecule has 1 saturated heterocycles. The van der Waals surface area contributed by atoms with Gasteiger partial charge in [-0.25, -0.2) is 8.42 Å². The van der Waals surface area contributed by atoms with E-state index in [1.54, 1.807) is 0 Å². The normalized spacial score (nSPS) is 30.7. The zero-order valence-electron chi connectivity index (χ0n) is 11.7. The van der Waals surface area contributed by atoms with Gasteiger partial charge in [-0.1, -0.05) is 33.1 Å². The third-order valence-corrected chi connectivity index (χ3v) is 6.58. The number of rotatable bonds is 4. The Hall–Kier alpha value is -0.0900. The first-order valence-electron chi connectivity index (χ1n) is 7.37. The highest BCUT2D eigenvalue weighted by molar-refractivity contribution is 7.91. The van der Waals surface area contributed by atoms with Crippen LogP contribution in [-0.4, -0.2) is 32.5 Å². The van der Waals surface area contributed by atoms with Crippen LogP contribution in [0.25, 0.3) is 0 Å². The fourth-order valence-electron chi connectivity index (χ4n) is 3.67. The van der Waals surface area contributed by atoms with Gasteiger partial charge < -0.3 is 5.32 Å². The Morgan fingerprint density at radius 2 is 1.89 bits per heavy atom. The first-order valence-corrected chi connectivity index (χ1v) is 9.19. The fourth-order valence-corrected chi connectivity index (χ4v) is 5.61. The van der Waals surface area contributed by atoms with Crippen LogP contribution in [0.1, 0.15) is 52.4 Å². The minimum absolute atomic E-state index is 0.256. The Kier molecular flexibility index (Phi) is 4.37. The summed E-state index contributed by atoms with van der Waals surface area (Å²) in [6.45, 7) is 5.34. The summed E-state index contributed by atoms with van der Waals surface area (Å²) in [6.07, 6.45) is 7.19. The Morgan fingerprint density at radius 1 is 1.22 bits per heavy atom. The largest absolute Gasteiger partial charge is 0.314 e. The number of hydrogen-bond acceptors (Lipinski definition) is 3. The van der Waals surface area contributed by atoms with Crippen LogP contribution in [-0.2, 0) is 9.84 Å². The lowest BCUT2D eigenvalue weighted by Gasteiger charge is -2.42. The van der Waals surface area contributed by atoms with Crippen LogP contribution in [0.4, 0.5) is 0 Å². The lowest BCUT2D eigenvalue weighted by Crippen LogP contribution is -2.44. The van der Waals surface area contributed by atoms with Crippen LogP contribution >= 0.6 is 0 Å². The molecule has 106 valence electrons. The molecule has 1 heterocycles. The van der Waals surface area contributed by atoms with Crippen molar-refractivity contribution in [2.24, 2.45) is 11.3 Å². The Labute approximate surface area is 112 Å². The Balaban J connectivity index is 2.09. The molecule has 0 aromatic rings. The van der Waals surface area contributed by atoms with E-state index in [-0.39, 0.29) is 5.41 Å². The summed E-state index contributed by atoms with van der Waals surface area (Å²) in [6, 6.07) is 0.488. The van der Waals surface area contributed by atoms with E-state index >= 15 is 0 Å². The molecule has 1 aliphatic heterocycles. The smallest absolute Gasteiger partial charge is 0.150 e. The summed E-state index contributed by atoms with van der Waals surface area (Å²) in [5.74, 6) is 1.25. The van der Waals surface area contributed by atoms with E-state index < -0.39 is 9.84 Å². The predicted molar refractivity (Wildman–Crippen MR) is 75.4 cm³/mol. The van der Waals surface area contributed by atoms with Crippen molar-refractivity contribution in [3.05, 3.63) is 0 Å². The monoisotopic (exact) mass is 273 g/mol. The summed E-state index contributed by atoms with van der Waals surface area (Å²) in [5.41, 5.74) is 0.256. The van der Waals surface area contributed by atoms with Crippen molar-refractivity contribution in [2.45, 2.75) is 58.4 Å². The van der Waals surface area contributed by atoms with Crippen molar-refractivity contribution >= 4 is 9.84 Å². The molecule has 2 fully saturated rings. The van der Waals surface area contributed by atoms with E-state index in [1.165, 1.54) is 32.1 Å². The quantitative estimate of drug-likeness (QED) is 0.855. The molecular weight excluding hydrogens is 246 g/mol. The highest BCUT2D eigenvalue weighted by Gasteiger charge is 2.44. The maximum atomic E-state index is 11.7. The molecule has 2 rings (SSSR count). The van der Waals surface area contributed by atoms with E-state index in [4.69, 9.17) is 0 Å². The summed E-state index contributed by atoms with van der Waals surface area (Å²) >= 11 is 0. The van der Waals surface area contributed by atoms with Crippen LogP contribution < -0.4 is 5.32 Å². The molecule has 0 bridgehead atoms. The number of nitrogens with one attached hydrogen (secondary N) is 1. The first-order chi connectivity index (χ1) is 8.44.